The number of morpholine rings is 1. The van der Waals surface area contributed by atoms with E-state index in [1.165, 1.54) is 11.3 Å². The predicted octanol–water partition coefficient (Wildman–Crippen LogP) is 1.63. The third-order valence-corrected chi connectivity index (χ3v) is 5.25. The number of rotatable bonds is 3. The molecule has 1 atom stereocenters. The molecular formula is C13H15BrN2O3S. The Kier molecular flexibility index (Phi) is 4.09. The second-order valence-electron chi connectivity index (χ2n) is 4.97. The van der Waals surface area contributed by atoms with E-state index in [4.69, 9.17) is 4.74 Å². The molecule has 108 valence electrons. The van der Waals surface area contributed by atoms with Crippen molar-refractivity contribution in [3.8, 4) is 0 Å². The number of halogens is 1. The van der Waals surface area contributed by atoms with Gasteiger partial charge in [0.1, 0.15) is 10.9 Å². The van der Waals surface area contributed by atoms with Crippen molar-refractivity contribution >= 4 is 39.1 Å². The van der Waals surface area contributed by atoms with E-state index in [-0.39, 0.29) is 24.5 Å². The highest BCUT2D eigenvalue weighted by atomic mass is 79.9. The molecule has 1 aliphatic heterocycles. The van der Waals surface area contributed by atoms with Crippen molar-refractivity contribution in [1.29, 1.82) is 0 Å². The molecule has 1 aromatic heterocycles. The van der Waals surface area contributed by atoms with E-state index in [1.807, 2.05) is 11.4 Å². The standard InChI is InChI=1S/C13H15BrN2O3S/c14-9-3-6-20-11(9)13(18)16-4-5-19-7-10(16)12(17)15-8-1-2-8/h3,6,8,10H,1-2,4-5,7H2,(H,15,17). The van der Waals surface area contributed by atoms with Gasteiger partial charge >= 0.3 is 0 Å². The minimum absolute atomic E-state index is 0.103. The van der Waals surface area contributed by atoms with Gasteiger partial charge in [0, 0.05) is 17.1 Å². The van der Waals surface area contributed by atoms with E-state index >= 15 is 0 Å². The van der Waals surface area contributed by atoms with Crippen molar-refractivity contribution in [2.45, 2.75) is 24.9 Å². The quantitative estimate of drug-likeness (QED) is 0.893. The zero-order valence-corrected chi connectivity index (χ0v) is 13.2. The summed E-state index contributed by atoms with van der Waals surface area (Å²) < 4.78 is 6.15. The number of carbonyl (C=O) groups is 2. The van der Waals surface area contributed by atoms with Crippen LogP contribution in [0.5, 0.6) is 0 Å². The Morgan fingerprint density at radius 3 is 2.90 bits per heavy atom. The van der Waals surface area contributed by atoms with Gasteiger partial charge in [0.05, 0.1) is 13.2 Å². The summed E-state index contributed by atoms with van der Waals surface area (Å²) in [5.74, 6) is -0.209. The number of hydrogen-bond donors (Lipinski definition) is 1. The lowest BCUT2D eigenvalue weighted by Crippen LogP contribution is -2.56. The van der Waals surface area contributed by atoms with Crippen molar-refractivity contribution in [3.63, 3.8) is 0 Å². The summed E-state index contributed by atoms with van der Waals surface area (Å²) in [6.45, 7) is 1.20. The number of nitrogens with one attached hydrogen (secondary N) is 1. The molecule has 1 saturated carbocycles. The summed E-state index contributed by atoms with van der Waals surface area (Å²) in [6, 6.07) is 1.61. The number of ether oxygens (including phenoxy) is 1. The van der Waals surface area contributed by atoms with Crippen LogP contribution < -0.4 is 5.32 Å². The predicted molar refractivity (Wildman–Crippen MR) is 78.8 cm³/mol. The van der Waals surface area contributed by atoms with Crippen LogP contribution in [0.1, 0.15) is 22.5 Å². The second-order valence-corrected chi connectivity index (χ2v) is 6.74. The van der Waals surface area contributed by atoms with Crippen molar-refractivity contribution in [3.05, 3.63) is 20.8 Å². The van der Waals surface area contributed by atoms with Crippen LogP contribution in [0.4, 0.5) is 0 Å². The third-order valence-electron chi connectivity index (χ3n) is 3.43. The van der Waals surface area contributed by atoms with Crippen molar-refractivity contribution in [2.24, 2.45) is 0 Å². The van der Waals surface area contributed by atoms with Crippen molar-refractivity contribution < 1.29 is 14.3 Å². The smallest absolute Gasteiger partial charge is 0.265 e. The number of hydrogen-bond acceptors (Lipinski definition) is 4. The molecule has 0 bridgehead atoms. The molecule has 0 aromatic carbocycles. The summed E-state index contributed by atoms with van der Waals surface area (Å²) in [7, 11) is 0. The van der Waals surface area contributed by atoms with Gasteiger partial charge in [-0.05, 0) is 40.2 Å². The van der Waals surface area contributed by atoms with Crippen LogP contribution >= 0.6 is 27.3 Å². The Hall–Kier alpha value is -0.920. The lowest BCUT2D eigenvalue weighted by Gasteiger charge is -2.34. The first kappa shape index (κ1) is 14.0. The fourth-order valence-corrected chi connectivity index (χ4v) is 3.66. The number of amides is 2. The summed E-state index contributed by atoms with van der Waals surface area (Å²) in [4.78, 5) is 27.1. The highest BCUT2D eigenvalue weighted by molar-refractivity contribution is 9.10. The van der Waals surface area contributed by atoms with Crippen molar-refractivity contribution in [1.82, 2.24) is 10.2 Å². The monoisotopic (exact) mass is 358 g/mol. The van der Waals surface area contributed by atoms with Gasteiger partial charge in [0.15, 0.2) is 0 Å². The first-order valence-corrected chi connectivity index (χ1v) is 8.26. The molecule has 3 rings (SSSR count). The average molecular weight is 359 g/mol. The first-order valence-electron chi connectivity index (χ1n) is 6.59. The SMILES string of the molecule is O=C(NC1CC1)C1COCCN1C(=O)c1sccc1Br. The van der Waals surface area contributed by atoms with Gasteiger partial charge in [-0.25, -0.2) is 0 Å². The Morgan fingerprint density at radius 1 is 1.45 bits per heavy atom. The molecule has 2 heterocycles. The van der Waals surface area contributed by atoms with E-state index in [2.05, 4.69) is 21.2 Å². The van der Waals surface area contributed by atoms with Gasteiger partial charge in [0.2, 0.25) is 5.91 Å². The van der Waals surface area contributed by atoms with Crippen molar-refractivity contribution in [2.75, 3.05) is 19.8 Å². The lowest BCUT2D eigenvalue weighted by molar-refractivity contribution is -0.130. The normalized spacial score (nSPS) is 22.6. The molecule has 20 heavy (non-hydrogen) atoms. The van der Waals surface area contributed by atoms with Gasteiger partial charge in [-0.2, -0.15) is 0 Å². The summed E-state index contributed by atoms with van der Waals surface area (Å²) in [5, 5.41) is 4.81. The van der Waals surface area contributed by atoms with Crippen LogP contribution in [0.3, 0.4) is 0 Å². The molecule has 1 aromatic rings. The average Bonchev–Trinajstić information content (AvgIpc) is 3.17. The van der Waals surface area contributed by atoms with Gasteiger partial charge in [-0.1, -0.05) is 0 Å². The van der Waals surface area contributed by atoms with Gasteiger partial charge in [-0.15, -0.1) is 11.3 Å². The molecular weight excluding hydrogens is 344 g/mol. The maximum Gasteiger partial charge on any atom is 0.265 e. The number of carbonyl (C=O) groups excluding carboxylic acids is 2. The zero-order chi connectivity index (χ0) is 14.1. The molecule has 1 unspecified atom stereocenters. The maximum atomic E-state index is 12.6. The molecule has 1 N–H and O–H groups in total. The minimum atomic E-state index is -0.522. The molecule has 2 amide bonds. The molecule has 7 heteroatoms. The molecule has 0 radical (unpaired) electrons. The highest BCUT2D eigenvalue weighted by Crippen LogP contribution is 2.26. The van der Waals surface area contributed by atoms with Gasteiger partial charge in [0.25, 0.3) is 5.91 Å². The minimum Gasteiger partial charge on any atom is -0.377 e. The molecule has 1 saturated heterocycles. The Labute approximate surface area is 129 Å². The van der Waals surface area contributed by atoms with Crippen LogP contribution in [0.25, 0.3) is 0 Å². The van der Waals surface area contributed by atoms with Crippen LogP contribution in [-0.4, -0.2) is 48.6 Å². The highest BCUT2D eigenvalue weighted by Gasteiger charge is 2.36. The molecule has 2 aliphatic rings. The van der Waals surface area contributed by atoms with E-state index in [9.17, 15) is 9.59 Å². The fourth-order valence-electron chi connectivity index (χ4n) is 2.17. The summed E-state index contributed by atoms with van der Waals surface area (Å²) >= 11 is 4.75. The number of thiophene rings is 1. The second kappa shape index (κ2) is 5.83. The van der Waals surface area contributed by atoms with Crippen LogP contribution in [0.2, 0.25) is 0 Å². The largest absolute Gasteiger partial charge is 0.377 e. The van der Waals surface area contributed by atoms with Gasteiger partial charge in [-0.3, -0.25) is 9.59 Å². The zero-order valence-electron chi connectivity index (χ0n) is 10.8. The van der Waals surface area contributed by atoms with Crippen LogP contribution in [0.15, 0.2) is 15.9 Å². The van der Waals surface area contributed by atoms with E-state index in [0.717, 1.165) is 17.3 Å². The van der Waals surface area contributed by atoms with Crippen LogP contribution in [0, 0.1) is 0 Å². The molecule has 5 nitrogen and oxygen atoms in total. The first-order chi connectivity index (χ1) is 9.66. The van der Waals surface area contributed by atoms with E-state index in [1.54, 1.807) is 4.90 Å². The third kappa shape index (κ3) is 2.89. The number of nitrogens with zero attached hydrogens (tertiary/aromatic N) is 1. The Balaban J connectivity index is 1.75. The Bertz CT molecular complexity index is 529. The van der Waals surface area contributed by atoms with Gasteiger partial charge < -0.3 is 15.0 Å². The van der Waals surface area contributed by atoms with E-state index < -0.39 is 6.04 Å². The lowest BCUT2D eigenvalue weighted by atomic mass is 10.2. The Morgan fingerprint density at radius 2 is 2.25 bits per heavy atom. The molecule has 1 aliphatic carbocycles. The topological polar surface area (TPSA) is 58.6 Å². The summed E-state index contributed by atoms with van der Waals surface area (Å²) in [6.07, 6.45) is 2.06. The molecule has 2 fully saturated rings. The van der Waals surface area contributed by atoms with E-state index in [0.29, 0.717) is 18.0 Å². The maximum absolute atomic E-state index is 12.6. The summed E-state index contributed by atoms with van der Waals surface area (Å²) in [5.41, 5.74) is 0. The molecule has 0 spiro atoms. The van der Waals surface area contributed by atoms with Crippen LogP contribution in [-0.2, 0) is 9.53 Å². The fraction of sp³-hybridized carbons (Fsp3) is 0.538.